The minimum absolute atomic E-state index is 0. The molecule has 13 heterocycles. The minimum Gasteiger partial charge on any atom is -0.399 e. The molecule has 8 saturated heterocycles. The van der Waals surface area contributed by atoms with Gasteiger partial charge in [0.25, 0.3) is 0 Å². The van der Waals surface area contributed by atoms with Gasteiger partial charge in [0.1, 0.15) is 49.0 Å². The number of benzene rings is 2. The van der Waals surface area contributed by atoms with Crippen LogP contribution in [0, 0.1) is 25.7 Å². The number of aryl methyl sites for hydroxylation is 2. The smallest absolute Gasteiger partial charge is 0.399 e. The summed E-state index contributed by atoms with van der Waals surface area (Å²) in [6.45, 7) is 31.6. The van der Waals surface area contributed by atoms with Gasteiger partial charge in [0.05, 0.1) is 101 Å². The van der Waals surface area contributed by atoms with Crippen molar-refractivity contribution in [3.8, 4) is 11.3 Å². The van der Waals surface area contributed by atoms with Crippen LogP contribution < -0.4 is 57.4 Å². The van der Waals surface area contributed by atoms with E-state index in [-0.39, 0.29) is 71.7 Å². The second kappa shape index (κ2) is 56.2. The normalized spacial score (nSPS) is 22.5. The van der Waals surface area contributed by atoms with E-state index in [0.29, 0.717) is 132 Å². The monoisotopic (exact) mass is 2140 g/mol. The first-order chi connectivity index (χ1) is 66.7. The quantitative estimate of drug-likeness (QED) is 0.0177. The number of aliphatic hydroxyl groups is 3. The average molecular weight is 2150 g/mol. The lowest BCUT2D eigenvalue weighted by atomic mass is 9.76. The number of hydrogen-bond donors (Lipinski definition) is 9. The van der Waals surface area contributed by atoms with E-state index in [1.807, 2.05) is 87.3 Å². The summed E-state index contributed by atoms with van der Waals surface area (Å²) in [6, 6.07) is 20.3. The number of aliphatic hydroxyl groups excluding tert-OH is 3. The van der Waals surface area contributed by atoms with Crippen LogP contribution >= 0.6 is 93.9 Å². The number of anilines is 8. The number of amides is 4. The third-order valence-corrected chi connectivity index (χ3v) is 28.1. The topological polar surface area (TPSA) is 428 Å². The summed E-state index contributed by atoms with van der Waals surface area (Å²) >= 11 is 31.9. The van der Waals surface area contributed by atoms with Gasteiger partial charge in [-0.3, -0.25) is 0 Å². The molecule has 49 heteroatoms. The Morgan fingerprint density at radius 2 is 0.915 bits per heavy atom. The molecule has 8 aliphatic heterocycles. The summed E-state index contributed by atoms with van der Waals surface area (Å²) in [6.07, 6.45) is 9.37. The van der Waals surface area contributed by atoms with Crippen molar-refractivity contribution in [1.29, 1.82) is 0 Å². The fourth-order valence-corrected chi connectivity index (χ4v) is 19.1. The Morgan fingerprint density at radius 1 is 0.511 bits per heavy atom. The van der Waals surface area contributed by atoms with Crippen molar-refractivity contribution in [3.63, 3.8) is 0 Å². The first-order valence-electron chi connectivity index (χ1n) is 47.4. The van der Waals surface area contributed by atoms with E-state index < -0.39 is 52.7 Å². The van der Waals surface area contributed by atoms with Crippen molar-refractivity contribution in [2.45, 2.75) is 201 Å². The standard InChI is InChI=1S/C27H38N6O3.C20H28BF3N2O3.C13H19ClN4O2.C9H12ClN3O3S.C9H12ClN3OS.C5H4Cl2N2S.C5H11NO.C4H9NO.ClH/c1-3-19-8-9-33(17-19)27(35)29-21-5-4-18(2)23(15-21)24-16-25(32-10-12-36-13-11-32)31-26(30-24)28-20-6-7-22(34)14-20;1-13-6-7-15(10-16(13)21-28-18(2,3)19(4,5)29-21)25-17(27)26-9-8-14(12-26)11-20(22,23)24;14-11-8-12(18-3-5-20-6-4-18)17-13(16-11)15-9-1-2-10(19)7-9;1-17(14,15)9-11-7(10)6-8(12-9)13-2-4-16-5-3-13;1-15-9-11-7(10)6-8(12-9)13-2-4-14-5-3-13;1-10-5-8-3(6)2-4(7)9-5;6-4-1-2-5(7)3-4;1-3-6-4-2-5-1;/h4-5,15-16,19-20,22,34H,3,6-14,17H2,1-2H3,(H,29,35)(H,28,30,31);6-7,10,14H,8-9,11-12H2,1-5H3,(H,25,27);8-10,19H,1-7H2,(H,15,16,17);6H,2-5H2,1H3;6H,2-5H2,1H3;2H,1H3;4-5,7H,1-3,6H2;5H,1-4H2;1H/t19-,20?,22?;14-;;;;;;;/m10......./s1. The third-order valence-electron chi connectivity index (χ3n) is 25.2. The Kier molecular flexibility index (Phi) is 46.2. The number of ether oxygens (including phenoxy) is 5. The molecular weight excluding hydrogens is 2010 g/mol. The Bertz CT molecular complexity index is 5180. The Hall–Kier alpha value is -7.06. The van der Waals surface area contributed by atoms with E-state index in [4.69, 9.17) is 112 Å². The van der Waals surface area contributed by atoms with Gasteiger partial charge < -0.3 is 110 Å². The number of nitrogens with one attached hydrogen (secondary N) is 5. The minimum atomic E-state index is -4.20. The van der Waals surface area contributed by atoms with Crippen LogP contribution in [-0.4, -0.2) is 333 Å². The number of alkyl halides is 3. The maximum absolute atomic E-state index is 12.9. The van der Waals surface area contributed by atoms with E-state index >= 15 is 0 Å². The molecule has 141 heavy (non-hydrogen) atoms. The molecule has 2 aromatic carbocycles. The molecule has 10 N–H and O–H groups in total. The molecule has 36 nitrogen and oxygen atoms in total. The lowest BCUT2D eigenvalue weighted by Gasteiger charge is -2.32. The molecule has 0 spiro atoms. The maximum atomic E-state index is 12.9. The van der Waals surface area contributed by atoms with E-state index in [1.54, 1.807) is 30.3 Å². The Labute approximate surface area is 864 Å². The zero-order valence-corrected chi connectivity index (χ0v) is 88.5. The number of thioether (sulfide) groups is 2. The van der Waals surface area contributed by atoms with Gasteiger partial charge in [-0.15, -0.1) is 12.4 Å². The predicted octanol–water partition coefficient (Wildman–Crippen LogP) is 13.7. The van der Waals surface area contributed by atoms with Crippen LogP contribution in [0.25, 0.3) is 11.3 Å². The summed E-state index contributed by atoms with van der Waals surface area (Å²) in [5, 5.41) is 47.0. The highest BCUT2D eigenvalue weighted by Gasteiger charge is 2.52. The van der Waals surface area contributed by atoms with Crippen LogP contribution in [0.15, 0.2) is 82.2 Å². The highest BCUT2D eigenvalue weighted by atomic mass is 35.5. The number of aromatic nitrogens is 10. The fraction of sp³-hybridized carbons (Fsp3) is 0.630. The first-order valence-corrected chi connectivity index (χ1v) is 53.6. The fourth-order valence-electron chi connectivity index (χ4n) is 16.6. The van der Waals surface area contributed by atoms with Crippen molar-refractivity contribution < 1.29 is 79.5 Å². The molecule has 3 saturated carbocycles. The second-order valence-corrected chi connectivity index (χ2v) is 41.9. The van der Waals surface area contributed by atoms with Gasteiger partial charge in [-0.25, -0.2) is 57.9 Å². The number of urea groups is 2. The van der Waals surface area contributed by atoms with Gasteiger partial charge in [-0.05, 0) is 172 Å². The Balaban J connectivity index is 0.000000175. The van der Waals surface area contributed by atoms with Crippen LogP contribution in [0.2, 0.25) is 25.8 Å². The summed E-state index contributed by atoms with van der Waals surface area (Å²) in [7, 11) is -4.01. The van der Waals surface area contributed by atoms with E-state index in [1.165, 1.54) is 34.5 Å². The Morgan fingerprint density at radius 3 is 1.33 bits per heavy atom. The van der Waals surface area contributed by atoms with Crippen molar-refractivity contribution in [2.75, 3.05) is 217 Å². The van der Waals surface area contributed by atoms with Crippen molar-refractivity contribution in [3.05, 3.63) is 104 Å². The summed E-state index contributed by atoms with van der Waals surface area (Å²) < 4.78 is 99.1. The molecule has 3 aliphatic carbocycles. The van der Waals surface area contributed by atoms with Crippen molar-refractivity contribution in [1.82, 2.24) is 65.0 Å². The number of nitrogens with two attached hydrogens (primary N) is 1. The van der Waals surface area contributed by atoms with Crippen LogP contribution in [-0.2, 0) is 42.8 Å². The predicted molar refractivity (Wildman–Crippen MR) is 553 cm³/mol. The van der Waals surface area contributed by atoms with Gasteiger partial charge in [0.2, 0.25) is 26.9 Å². The largest absolute Gasteiger partial charge is 0.495 e. The van der Waals surface area contributed by atoms with Gasteiger partial charge in [-0.1, -0.05) is 113 Å². The van der Waals surface area contributed by atoms with Gasteiger partial charge in [-0.2, -0.15) is 23.1 Å². The van der Waals surface area contributed by atoms with Crippen LogP contribution in [0.3, 0.4) is 0 Å². The number of likely N-dealkylation sites (tertiary alicyclic amines) is 2. The lowest BCUT2D eigenvalue weighted by Crippen LogP contribution is -2.41. The highest BCUT2D eigenvalue weighted by molar-refractivity contribution is 7.98. The average Bonchev–Trinajstić information content (AvgIpc) is 1.62. The second-order valence-electron chi connectivity index (χ2n) is 36.5. The molecule has 4 amide bonds. The molecule has 18 rings (SSSR count). The van der Waals surface area contributed by atoms with Gasteiger partial charge in [0, 0.05) is 170 Å². The van der Waals surface area contributed by atoms with E-state index in [0.717, 1.165) is 213 Å². The van der Waals surface area contributed by atoms with Crippen LogP contribution in [0.5, 0.6) is 0 Å². The van der Waals surface area contributed by atoms with E-state index in [9.17, 15) is 41.4 Å². The molecule has 780 valence electrons. The molecular formula is C92H134BCl6F3N22O14S3. The van der Waals surface area contributed by atoms with Crippen LogP contribution in [0.4, 0.5) is 69.3 Å². The SMILES string of the molecule is C1COCCN1.CC[C@@H]1CCN(C(=O)Nc2ccc(C)c(-c3cc(N4CCOCC4)nc(NC4CCC(O)C4)n3)c2)C1.CS(=O)(=O)c1nc(Cl)cc(N2CCOCC2)n1.CSc1nc(Cl)cc(Cl)n1.CSc1nc(Cl)cc(N2CCOCC2)n1.Cc1ccc(NC(=O)N2CC[C@@H](CC(F)(F)F)C2)cc1B1OC(C)(C)C(C)(C)O1.Cl.NC1CCC(O)C1.OC1CCC(Nc2nc(Cl)cc(N3CCOCC3)n2)C1. The van der Waals surface area contributed by atoms with Gasteiger partial charge in [0.15, 0.2) is 10.3 Å². The molecule has 0 radical (unpaired) electrons. The van der Waals surface area contributed by atoms with Crippen molar-refractivity contribution >= 4 is 175 Å². The number of rotatable bonds is 17. The van der Waals surface area contributed by atoms with E-state index in [2.05, 4.69) is 95.0 Å². The molecule has 7 aromatic rings. The number of halogens is 9. The maximum Gasteiger partial charge on any atom is 0.495 e. The molecule has 5 aromatic heterocycles. The lowest BCUT2D eigenvalue weighted by molar-refractivity contribution is -0.143. The number of nitrogens with zero attached hydrogens (tertiary/aromatic N) is 16. The third kappa shape index (κ3) is 37.7. The molecule has 6 unspecified atom stereocenters. The summed E-state index contributed by atoms with van der Waals surface area (Å²) in [5.41, 5.74) is 10.5. The zero-order chi connectivity index (χ0) is 101. The summed E-state index contributed by atoms with van der Waals surface area (Å²) in [5.74, 6) is 4.27. The number of morpholine rings is 5. The number of carbonyl (C=O) groups is 2. The number of carbonyl (C=O) groups excluding carboxylic acids is 2. The zero-order valence-electron chi connectivity index (χ0n) is 81.4. The molecule has 11 aliphatic rings. The van der Waals surface area contributed by atoms with Crippen LogP contribution in [0.1, 0.15) is 129 Å². The summed E-state index contributed by atoms with van der Waals surface area (Å²) in [4.78, 5) is 79.7. The van der Waals surface area contributed by atoms with Gasteiger partial charge >= 0.3 is 25.4 Å². The first kappa shape index (κ1) is 116. The highest BCUT2D eigenvalue weighted by Crippen LogP contribution is 2.39. The molecule has 0 bridgehead atoms. The van der Waals surface area contributed by atoms with Crippen molar-refractivity contribution in [2.24, 2.45) is 17.6 Å². The molecule has 11 fully saturated rings. The molecule has 8 atom stereocenters. The number of hydrogen-bond acceptors (Lipinski definition) is 34. The number of sulfone groups is 1.